The second-order valence-corrected chi connectivity index (χ2v) is 5.01. The molecule has 1 N–H and O–H groups in total. The molecule has 1 aromatic carbocycles. The fourth-order valence-electron chi connectivity index (χ4n) is 2.41. The van der Waals surface area contributed by atoms with Gasteiger partial charge in [0.1, 0.15) is 0 Å². The number of Topliss-reactive ketones (excluding diaryl/α,β-unsaturated/α-hetero) is 1. The zero-order chi connectivity index (χ0) is 14.0. The van der Waals surface area contributed by atoms with Crippen LogP contribution >= 0.6 is 0 Å². The average Bonchev–Trinajstić information content (AvgIpc) is 2.80. The van der Waals surface area contributed by atoms with E-state index in [1.165, 1.54) is 6.07 Å². The summed E-state index contributed by atoms with van der Waals surface area (Å²) in [6.45, 7) is 3.27. The minimum absolute atomic E-state index is 0.0695. The lowest BCUT2D eigenvalue weighted by atomic mass is 9.94. The predicted octanol–water partition coefficient (Wildman–Crippen LogP) is 3.20. The monoisotopic (exact) mass is 271 g/mol. The minimum Gasteiger partial charge on any atom is -0.316 e. The van der Waals surface area contributed by atoms with Crippen LogP contribution in [0.25, 0.3) is 0 Å². The Morgan fingerprint density at radius 1 is 1.42 bits per heavy atom. The summed E-state index contributed by atoms with van der Waals surface area (Å²) < 4.78 is 37.6. The largest absolute Gasteiger partial charge is 0.416 e. The second-order valence-electron chi connectivity index (χ2n) is 5.01. The number of carbonyl (C=O) groups excluding carboxylic acids is 1. The maximum atomic E-state index is 12.5. The van der Waals surface area contributed by atoms with Crippen molar-refractivity contribution in [2.45, 2.75) is 25.9 Å². The standard InChI is InChI=1S/C14H16F3NO/c1-9-6-11(14(15,16)17)2-3-12(9)13(19)7-10-4-5-18-8-10/h2-3,6,10,18H,4-5,7-8H2,1H3. The first-order valence-electron chi connectivity index (χ1n) is 6.29. The highest BCUT2D eigenvalue weighted by atomic mass is 19.4. The Balaban J connectivity index is 2.14. The zero-order valence-corrected chi connectivity index (χ0v) is 10.7. The van der Waals surface area contributed by atoms with Crippen LogP contribution in [0.3, 0.4) is 0 Å². The molecule has 1 saturated heterocycles. The van der Waals surface area contributed by atoms with E-state index >= 15 is 0 Å². The number of rotatable bonds is 3. The number of hydrogen-bond acceptors (Lipinski definition) is 2. The van der Waals surface area contributed by atoms with Crippen molar-refractivity contribution in [3.05, 3.63) is 34.9 Å². The van der Waals surface area contributed by atoms with Crippen LogP contribution < -0.4 is 5.32 Å². The molecule has 0 amide bonds. The van der Waals surface area contributed by atoms with Gasteiger partial charge in [0.05, 0.1) is 5.56 Å². The summed E-state index contributed by atoms with van der Waals surface area (Å²) in [6, 6.07) is 3.32. The third kappa shape index (κ3) is 3.35. The van der Waals surface area contributed by atoms with Gasteiger partial charge in [0.2, 0.25) is 0 Å². The second kappa shape index (κ2) is 5.33. The van der Waals surface area contributed by atoms with E-state index in [9.17, 15) is 18.0 Å². The quantitative estimate of drug-likeness (QED) is 0.855. The zero-order valence-electron chi connectivity index (χ0n) is 10.7. The molecule has 1 aliphatic rings. The molecular formula is C14H16F3NO. The van der Waals surface area contributed by atoms with Crippen LogP contribution in [0.4, 0.5) is 13.2 Å². The highest BCUT2D eigenvalue weighted by Crippen LogP contribution is 2.31. The molecule has 1 aliphatic heterocycles. The van der Waals surface area contributed by atoms with Gasteiger partial charge in [-0.1, -0.05) is 6.07 Å². The molecule has 104 valence electrons. The third-order valence-corrected chi connectivity index (χ3v) is 3.49. The van der Waals surface area contributed by atoms with Crippen molar-refractivity contribution in [1.29, 1.82) is 0 Å². The summed E-state index contributed by atoms with van der Waals surface area (Å²) in [5.74, 6) is 0.231. The number of hydrogen-bond donors (Lipinski definition) is 1. The summed E-state index contributed by atoms with van der Waals surface area (Å²) in [7, 11) is 0. The molecule has 19 heavy (non-hydrogen) atoms. The van der Waals surface area contributed by atoms with Gasteiger partial charge < -0.3 is 5.32 Å². The van der Waals surface area contributed by atoms with E-state index in [2.05, 4.69) is 5.32 Å². The summed E-state index contributed by atoms with van der Waals surface area (Å²) in [5, 5.41) is 3.17. The van der Waals surface area contributed by atoms with E-state index in [0.29, 0.717) is 23.5 Å². The van der Waals surface area contributed by atoms with Crippen molar-refractivity contribution in [1.82, 2.24) is 5.32 Å². The lowest BCUT2D eigenvalue weighted by Gasteiger charge is -2.12. The average molecular weight is 271 g/mol. The van der Waals surface area contributed by atoms with Crippen LogP contribution in [0, 0.1) is 12.8 Å². The third-order valence-electron chi connectivity index (χ3n) is 3.49. The van der Waals surface area contributed by atoms with Crippen LogP contribution in [0.1, 0.15) is 34.3 Å². The maximum absolute atomic E-state index is 12.5. The number of halogens is 3. The Labute approximate surface area is 110 Å². The number of ketones is 1. The van der Waals surface area contributed by atoms with Crippen molar-refractivity contribution >= 4 is 5.78 Å². The van der Waals surface area contributed by atoms with Gasteiger partial charge in [-0.15, -0.1) is 0 Å². The fourth-order valence-corrected chi connectivity index (χ4v) is 2.41. The molecule has 5 heteroatoms. The van der Waals surface area contributed by atoms with Crippen LogP contribution in [0.2, 0.25) is 0 Å². The van der Waals surface area contributed by atoms with E-state index in [1.807, 2.05) is 0 Å². The van der Waals surface area contributed by atoms with Crippen molar-refractivity contribution < 1.29 is 18.0 Å². The Morgan fingerprint density at radius 3 is 2.68 bits per heavy atom. The normalized spacial score (nSPS) is 19.7. The molecule has 1 atom stereocenters. The van der Waals surface area contributed by atoms with E-state index in [-0.39, 0.29) is 5.78 Å². The van der Waals surface area contributed by atoms with Gasteiger partial charge in [-0.2, -0.15) is 13.2 Å². The molecule has 0 spiro atoms. The van der Waals surface area contributed by atoms with Gasteiger partial charge in [-0.05, 0) is 50.0 Å². The molecular weight excluding hydrogens is 255 g/mol. The Morgan fingerprint density at radius 2 is 2.16 bits per heavy atom. The van der Waals surface area contributed by atoms with Crippen molar-refractivity contribution in [3.8, 4) is 0 Å². The number of nitrogens with one attached hydrogen (secondary N) is 1. The number of carbonyl (C=O) groups is 1. The molecule has 2 rings (SSSR count). The Hall–Kier alpha value is -1.36. The molecule has 1 fully saturated rings. The molecule has 2 nitrogen and oxygen atoms in total. The number of benzene rings is 1. The lowest BCUT2D eigenvalue weighted by Crippen LogP contribution is -2.14. The molecule has 1 aromatic rings. The molecule has 1 heterocycles. The van der Waals surface area contributed by atoms with Crippen LogP contribution in [0.5, 0.6) is 0 Å². The molecule has 0 aromatic heterocycles. The lowest BCUT2D eigenvalue weighted by molar-refractivity contribution is -0.137. The molecule has 0 aliphatic carbocycles. The molecule has 0 bridgehead atoms. The summed E-state index contributed by atoms with van der Waals surface area (Å²) in [6.07, 6.45) is -3.01. The first kappa shape index (κ1) is 14.1. The van der Waals surface area contributed by atoms with Crippen molar-refractivity contribution in [2.24, 2.45) is 5.92 Å². The summed E-state index contributed by atoms with van der Waals surface area (Å²) >= 11 is 0. The van der Waals surface area contributed by atoms with Crippen LogP contribution in [-0.2, 0) is 6.18 Å². The molecule has 0 saturated carbocycles. The maximum Gasteiger partial charge on any atom is 0.416 e. The Kier molecular flexibility index (Phi) is 3.94. The SMILES string of the molecule is Cc1cc(C(F)(F)F)ccc1C(=O)CC1CCNC1. The summed E-state index contributed by atoms with van der Waals surface area (Å²) in [4.78, 5) is 12.1. The highest BCUT2D eigenvalue weighted by molar-refractivity contribution is 5.97. The van der Waals surface area contributed by atoms with Gasteiger partial charge in [-0.3, -0.25) is 4.79 Å². The number of alkyl halides is 3. The first-order chi connectivity index (χ1) is 8.88. The highest BCUT2D eigenvalue weighted by Gasteiger charge is 2.31. The van der Waals surface area contributed by atoms with Gasteiger partial charge in [0, 0.05) is 12.0 Å². The van der Waals surface area contributed by atoms with Crippen LogP contribution in [-0.4, -0.2) is 18.9 Å². The van der Waals surface area contributed by atoms with E-state index in [0.717, 1.165) is 31.6 Å². The smallest absolute Gasteiger partial charge is 0.316 e. The van der Waals surface area contributed by atoms with Crippen LogP contribution in [0.15, 0.2) is 18.2 Å². The van der Waals surface area contributed by atoms with E-state index < -0.39 is 11.7 Å². The summed E-state index contributed by atoms with van der Waals surface area (Å²) in [5.41, 5.74) is 0.0924. The fraction of sp³-hybridized carbons (Fsp3) is 0.500. The first-order valence-corrected chi connectivity index (χ1v) is 6.29. The van der Waals surface area contributed by atoms with Gasteiger partial charge in [0.25, 0.3) is 0 Å². The van der Waals surface area contributed by atoms with Gasteiger partial charge in [0.15, 0.2) is 5.78 Å². The van der Waals surface area contributed by atoms with Gasteiger partial charge in [-0.25, -0.2) is 0 Å². The minimum atomic E-state index is -4.36. The molecule has 0 radical (unpaired) electrons. The number of aryl methyl sites for hydroxylation is 1. The predicted molar refractivity (Wildman–Crippen MR) is 66.1 cm³/mol. The van der Waals surface area contributed by atoms with Crippen molar-refractivity contribution in [2.75, 3.05) is 13.1 Å². The van der Waals surface area contributed by atoms with Crippen molar-refractivity contribution in [3.63, 3.8) is 0 Å². The van der Waals surface area contributed by atoms with E-state index in [4.69, 9.17) is 0 Å². The topological polar surface area (TPSA) is 29.1 Å². The Bertz CT molecular complexity index is 476. The molecule has 1 unspecified atom stereocenters. The van der Waals surface area contributed by atoms with E-state index in [1.54, 1.807) is 6.92 Å². The van der Waals surface area contributed by atoms with Gasteiger partial charge >= 0.3 is 6.18 Å².